The Morgan fingerprint density at radius 3 is 2.57 bits per heavy atom. The molecular weight excluding hydrogens is 456 g/mol. The molecule has 2 rings (SSSR count). The van der Waals surface area contributed by atoms with Crippen molar-refractivity contribution in [2.45, 2.75) is 0 Å². The van der Waals surface area contributed by atoms with Crippen molar-refractivity contribution in [2.75, 3.05) is 33.0 Å². The summed E-state index contributed by atoms with van der Waals surface area (Å²) in [6.45, 7) is 1.23. The molecule has 1 aromatic carbocycles. The Hall–Kier alpha value is -1.10. The molecule has 0 spiro atoms. The number of rotatable bonds is 6. The van der Waals surface area contributed by atoms with E-state index in [1.165, 1.54) is 0 Å². The summed E-state index contributed by atoms with van der Waals surface area (Å²) < 4.78 is 10.6. The molecule has 2 aromatic rings. The van der Waals surface area contributed by atoms with Gasteiger partial charge in [-0.25, -0.2) is 0 Å². The average Bonchev–Trinajstić information content (AvgIpc) is 2.48. The Bertz CT molecular complexity index is 702. The van der Waals surface area contributed by atoms with Crippen molar-refractivity contribution < 1.29 is 7.80 Å². The zero-order valence-corrected chi connectivity index (χ0v) is 16.1. The van der Waals surface area contributed by atoms with Crippen LogP contribution in [0.5, 0.6) is 11.8 Å². The molecule has 0 amide bonds. The number of nitrogen functional groups attached to an aromatic ring is 1. The minimum absolute atomic E-state index is 0.0303. The Labute approximate surface area is 157 Å². The van der Waals surface area contributed by atoms with Gasteiger partial charge in [-0.1, -0.05) is 23.2 Å². The van der Waals surface area contributed by atoms with Gasteiger partial charge in [-0.05, 0) is 26.2 Å². The van der Waals surface area contributed by atoms with Gasteiger partial charge in [-0.15, -0.1) is 0 Å². The predicted octanol–water partition coefficient (Wildman–Crippen LogP) is 3.10. The molecule has 23 heavy (non-hydrogen) atoms. The fourth-order valence-electron chi connectivity index (χ4n) is 1.68. The van der Waals surface area contributed by atoms with Crippen molar-refractivity contribution in [3.05, 3.63) is 22.2 Å². The van der Waals surface area contributed by atoms with E-state index in [-0.39, 0.29) is 17.8 Å². The highest BCUT2D eigenvalue weighted by Gasteiger charge is 2.15. The molecule has 0 saturated heterocycles. The van der Waals surface area contributed by atoms with Gasteiger partial charge in [0.15, 0.2) is 28.8 Å². The second-order valence-electron chi connectivity index (χ2n) is 4.79. The van der Waals surface area contributed by atoms with E-state index in [1.807, 2.05) is 19.0 Å². The molecule has 1 heterocycles. The molecule has 1 aromatic heterocycles. The molecular formula is C13H14Cl2IN5O2. The van der Waals surface area contributed by atoms with Crippen LogP contribution in [0, 0.1) is 0 Å². The monoisotopic (exact) mass is 469 g/mol. The summed E-state index contributed by atoms with van der Waals surface area (Å²) in [5, 5.41) is 0.782. The summed E-state index contributed by atoms with van der Waals surface area (Å²) in [6.07, 6.45) is 0. The van der Waals surface area contributed by atoms with E-state index < -0.39 is 0 Å². The van der Waals surface area contributed by atoms with E-state index in [0.29, 0.717) is 28.0 Å². The first kappa shape index (κ1) is 18.2. The Balaban J connectivity index is 2.36. The third kappa shape index (κ3) is 4.93. The third-order valence-corrected chi connectivity index (χ3v) is 3.76. The number of hydrogen-bond acceptors (Lipinski definition) is 7. The maximum Gasteiger partial charge on any atom is 0.331 e. The van der Waals surface area contributed by atoms with Gasteiger partial charge in [0, 0.05) is 12.1 Å². The van der Waals surface area contributed by atoms with Crippen molar-refractivity contribution in [2.24, 2.45) is 0 Å². The zero-order chi connectivity index (χ0) is 17.0. The lowest BCUT2D eigenvalue weighted by molar-refractivity contribution is 0.261. The third-order valence-electron chi connectivity index (χ3n) is 2.76. The first-order valence-electron chi connectivity index (χ1n) is 6.47. The summed E-state index contributed by atoms with van der Waals surface area (Å²) in [6, 6.07) is 3.34. The van der Waals surface area contributed by atoms with E-state index in [0.717, 1.165) is 6.54 Å². The van der Waals surface area contributed by atoms with E-state index in [9.17, 15) is 0 Å². The minimum Gasteiger partial charge on any atom is -0.491 e. The van der Waals surface area contributed by atoms with Crippen LogP contribution in [0.1, 0.15) is 0 Å². The number of aromatic nitrogens is 3. The van der Waals surface area contributed by atoms with Gasteiger partial charge >= 0.3 is 6.01 Å². The lowest BCUT2D eigenvalue weighted by Crippen LogP contribution is -2.19. The first-order valence-corrected chi connectivity index (χ1v) is 8.11. The second-order valence-corrected chi connectivity index (χ2v) is 6.05. The molecule has 0 saturated carbocycles. The number of hydrogen-bond donors (Lipinski definition) is 1. The topological polar surface area (TPSA) is 86.4 Å². The molecule has 2 N–H and O–H groups in total. The number of nitrogens with two attached hydrogens (primary N) is 1. The molecule has 0 unspecified atom stereocenters. The fraction of sp³-hybridized carbons (Fsp3) is 0.308. The zero-order valence-electron chi connectivity index (χ0n) is 12.4. The lowest BCUT2D eigenvalue weighted by atomic mass is 10.2. The summed E-state index contributed by atoms with van der Waals surface area (Å²) in [5.41, 5.74) is 6.18. The van der Waals surface area contributed by atoms with Crippen molar-refractivity contribution in [3.63, 3.8) is 0 Å². The fourth-order valence-corrected chi connectivity index (χ4v) is 2.40. The van der Waals surface area contributed by atoms with E-state index in [2.05, 4.69) is 15.0 Å². The molecule has 0 aliphatic carbocycles. The molecule has 124 valence electrons. The Morgan fingerprint density at radius 2 is 1.91 bits per heavy atom. The van der Waals surface area contributed by atoms with Gasteiger partial charge in [0.25, 0.3) is 0 Å². The molecule has 0 aliphatic rings. The smallest absolute Gasteiger partial charge is 0.331 e. The number of halogens is 3. The van der Waals surface area contributed by atoms with Crippen LogP contribution >= 0.6 is 46.2 Å². The highest BCUT2D eigenvalue weighted by Crippen LogP contribution is 2.36. The van der Waals surface area contributed by atoms with Gasteiger partial charge in [-0.3, -0.25) is 0 Å². The number of likely N-dealkylation sites (N-methyl/N-ethyl adjacent to an activating group) is 1. The van der Waals surface area contributed by atoms with Gasteiger partial charge in [-0.2, -0.15) is 15.0 Å². The van der Waals surface area contributed by atoms with Crippen LogP contribution in [0.3, 0.4) is 0 Å². The molecule has 0 radical (unpaired) electrons. The highest BCUT2D eigenvalue weighted by atomic mass is 127. The Morgan fingerprint density at radius 1 is 1.17 bits per heavy atom. The molecule has 0 aliphatic heterocycles. The molecule has 10 heteroatoms. The summed E-state index contributed by atoms with van der Waals surface area (Å²) >= 11 is 14.1. The van der Waals surface area contributed by atoms with Crippen molar-refractivity contribution in [1.29, 1.82) is 0 Å². The molecule has 0 fully saturated rings. The number of ether oxygens (including phenoxy) is 1. The van der Waals surface area contributed by atoms with Crippen LogP contribution in [0.25, 0.3) is 11.4 Å². The van der Waals surface area contributed by atoms with Crippen LogP contribution in [0.4, 0.5) is 5.95 Å². The van der Waals surface area contributed by atoms with E-state index >= 15 is 0 Å². The predicted molar refractivity (Wildman–Crippen MR) is 98.4 cm³/mol. The first-order chi connectivity index (χ1) is 10.9. The summed E-state index contributed by atoms with van der Waals surface area (Å²) in [5.74, 6) is 0.801. The maximum absolute atomic E-state index is 6.24. The molecule has 0 bridgehead atoms. The van der Waals surface area contributed by atoms with Gasteiger partial charge < -0.3 is 18.4 Å². The second kappa shape index (κ2) is 8.13. The normalized spacial score (nSPS) is 10.9. The van der Waals surface area contributed by atoms with Crippen molar-refractivity contribution >= 4 is 52.2 Å². The number of nitrogens with zero attached hydrogens (tertiary/aromatic N) is 4. The van der Waals surface area contributed by atoms with Crippen LogP contribution < -0.4 is 13.5 Å². The lowest BCUT2D eigenvalue weighted by Gasteiger charge is -2.13. The van der Waals surface area contributed by atoms with Crippen LogP contribution in [-0.2, 0) is 0 Å². The van der Waals surface area contributed by atoms with E-state index in [1.54, 1.807) is 35.1 Å². The quantitative estimate of drug-likeness (QED) is 0.650. The summed E-state index contributed by atoms with van der Waals surface area (Å²) in [7, 11) is 3.91. The van der Waals surface area contributed by atoms with Crippen molar-refractivity contribution in [1.82, 2.24) is 19.9 Å². The number of benzene rings is 1. The summed E-state index contributed by atoms with van der Waals surface area (Å²) in [4.78, 5) is 14.1. The minimum atomic E-state index is 0.0303. The van der Waals surface area contributed by atoms with Gasteiger partial charge in [0.1, 0.15) is 12.4 Å². The van der Waals surface area contributed by atoms with Crippen molar-refractivity contribution in [3.8, 4) is 23.1 Å². The van der Waals surface area contributed by atoms with Crippen LogP contribution in [0.2, 0.25) is 10.0 Å². The molecule has 7 nitrogen and oxygen atoms in total. The van der Waals surface area contributed by atoms with Crippen LogP contribution in [-0.4, -0.2) is 47.1 Å². The maximum atomic E-state index is 6.24. The van der Waals surface area contributed by atoms with Gasteiger partial charge in [0.05, 0.1) is 10.0 Å². The Kier molecular flexibility index (Phi) is 6.45. The number of anilines is 1. The van der Waals surface area contributed by atoms with E-state index in [4.69, 9.17) is 36.7 Å². The van der Waals surface area contributed by atoms with Crippen LogP contribution in [0.15, 0.2) is 12.1 Å². The SMILES string of the molecule is CN(C)CCOc1cc(-c2nc(N)nc(OI)n2)c(Cl)cc1Cl. The largest absolute Gasteiger partial charge is 0.491 e. The van der Waals surface area contributed by atoms with Gasteiger partial charge in [0.2, 0.25) is 5.95 Å². The highest BCUT2D eigenvalue weighted by molar-refractivity contribution is 14.1. The average molecular weight is 470 g/mol. The standard InChI is InChI=1S/C13H14Cl2IN5O2/c1-21(2)3-4-22-10-5-7(8(14)6-9(10)15)11-18-12(17)20-13(19-11)23-16/h5-6H,3-4H2,1-2H3,(H2,17,18,19,20). The molecule has 0 atom stereocenters.